The highest BCUT2D eigenvalue weighted by Crippen LogP contribution is 2.35. The van der Waals surface area contributed by atoms with Crippen molar-refractivity contribution < 1.29 is 8.78 Å². The van der Waals surface area contributed by atoms with Gasteiger partial charge in [-0.3, -0.25) is 0 Å². The van der Waals surface area contributed by atoms with E-state index in [1.165, 1.54) is 0 Å². The summed E-state index contributed by atoms with van der Waals surface area (Å²) >= 11 is 0. The summed E-state index contributed by atoms with van der Waals surface area (Å²) in [6, 6.07) is 6.99. The van der Waals surface area contributed by atoms with Gasteiger partial charge >= 0.3 is 0 Å². The molecule has 1 fully saturated rings. The van der Waals surface area contributed by atoms with E-state index in [-0.39, 0.29) is 12.0 Å². The zero-order valence-electron chi connectivity index (χ0n) is 10.9. The summed E-state index contributed by atoms with van der Waals surface area (Å²) < 4.78 is 27.8. The summed E-state index contributed by atoms with van der Waals surface area (Å²) in [5, 5.41) is 3.33. The molecule has 0 aromatic heterocycles. The Bertz CT molecular complexity index is 384. The van der Waals surface area contributed by atoms with Crippen molar-refractivity contribution in [2.45, 2.75) is 44.4 Å². The van der Waals surface area contributed by atoms with E-state index in [2.05, 4.69) is 5.32 Å². The molecular formula is C15H21F2N. The molecule has 1 aliphatic rings. The fourth-order valence-electron chi connectivity index (χ4n) is 2.61. The Hall–Kier alpha value is -0.960. The second kappa shape index (κ2) is 5.79. The molecule has 2 rings (SSSR count). The van der Waals surface area contributed by atoms with Gasteiger partial charge in [-0.05, 0) is 36.9 Å². The van der Waals surface area contributed by atoms with Crippen LogP contribution in [0.5, 0.6) is 0 Å². The summed E-state index contributed by atoms with van der Waals surface area (Å²) in [5.41, 5.74) is 1.22. The van der Waals surface area contributed by atoms with Gasteiger partial charge in [-0.1, -0.05) is 31.5 Å². The number of hydrogen-bond acceptors (Lipinski definition) is 1. The number of nitrogens with one attached hydrogen (secondary N) is 1. The maximum Gasteiger partial charge on any atom is 0.273 e. The molecule has 100 valence electrons. The van der Waals surface area contributed by atoms with E-state index in [9.17, 15) is 8.78 Å². The first-order valence-corrected chi connectivity index (χ1v) is 6.82. The second-order valence-corrected chi connectivity index (χ2v) is 5.12. The van der Waals surface area contributed by atoms with Gasteiger partial charge in [0.15, 0.2) is 0 Å². The van der Waals surface area contributed by atoms with Gasteiger partial charge in [-0.25, -0.2) is 8.78 Å². The van der Waals surface area contributed by atoms with Crippen LogP contribution in [0, 0.1) is 0 Å². The smallest absolute Gasteiger partial charge is 0.273 e. The molecule has 0 saturated carbocycles. The number of halogens is 2. The molecule has 0 radical (unpaired) electrons. The van der Waals surface area contributed by atoms with Gasteiger partial charge in [0.1, 0.15) is 0 Å². The van der Waals surface area contributed by atoms with Crippen LogP contribution in [-0.2, 0) is 5.92 Å². The first kappa shape index (κ1) is 13.5. The molecule has 1 saturated heterocycles. The lowest BCUT2D eigenvalue weighted by Crippen LogP contribution is -2.28. The average Bonchev–Trinajstić information content (AvgIpc) is 2.40. The molecule has 0 aliphatic carbocycles. The molecule has 1 N–H and O–H groups in total. The highest BCUT2D eigenvalue weighted by Gasteiger charge is 2.30. The number of alkyl halides is 2. The van der Waals surface area contributed by atoms with E-state index in [0.717, 1.165) is 31.5 Å². The molecule has 1 atom stereocenters. The Morgan fingerprint density at radius 1 is 1.39 bits per heavy atom. The van der Waals surface area contributed by atoms with Crippen LogP contribution >= 0.6 is 0 Å². The van der Waals surface area contributed by atoms with E-state index >= 15 is 0 Å². The van der Waals surface area contributed by atoms with Crippen LogP contribution in [0.3, 0.4) is 0 Å². The number of hydrogen-bond donors (Lipinski definition) is 1. The van der Waals surface area contributed by atoms with Crippen LogP contribution < -0.4 is 5.32 Å². The number of rotatable bonds is 4. The van der Waals surface area contributed by atoms with Gasteiger partial charge < -0.3 is 5.32 Å². The zero-order chi connectivity index (χ0) is 13.0. The van der Waals surface area contributed by atoms with Crippen molar-refractivity contribution in [3.8, 4) is 0 Å². The molecule has 1 nitrogen and oxygen atoms in total. The predicted octanol–water partition coefficient (Wildman–Crippen LogP) is 4.05. The topological polar surface area (TPSA) is 12.0 Å². The van der Waals surface area contributed by atoms with E-state index in [1.807, 2.05) is 6.07 Å². The van der Waals surface area contributed by atoms with Crippen LogP contribution in [0.2, 0.25) is 0 Å². The lowest BCUT2D eigenvalue weighted by molar-refractivity contribution is -0.0141. The van der Waals surface area contributed by atoms with E-state index in [1.54, 1.807) is 25.1 Å². The van der Waals surface area contributed by atoms with Gasteiger partial charge in [0.2, 0.25) is 0 Å². The quantitative estimate of drug-likeness (QED) is 0.853. The average molecular weight is 253 g/mol. The molecule has 3 heteroatoms. The minimum Gasteiger partial charge on any atom is -0.316 e. The first-order valence-electron chi connectivity index (χ1n) is 6.82. The Labute approximate surface area is 108 Å². The third-order valence-electron chi connectivity index (χ3n) is 3.64. The summed E-state index contributed by atoms with van der Waals surface area (Å²) in [6.07, 6.45) is 2.65. The molecule has 0 amide bonds. The number of benzene rings is 1. The van der Waals surface area contributed by atoms with Crippen molar-refractivity contribution in [1.29, 1.82) is 0 Å². The SMILES string of the molecule is CCCC(F)(F)c1cccc(C2CCCNC2)c1. The standard InChI is InChI=1S/C15H21F2N/c1-2-8-15(16,17)14-7-3-5-12(10-14)13-6-4-9-18-11-13/h3,5,7,10,13,18H,2,4,6,8-9,11H2,1H3. The molecule has 1 aromatic carbocycles. The van der Waals surface area contributed by atoms with Crippen molar-refractivity contribution in [2.24, 2.45) is 0 Å². The normalized spacial score (nSPS) is 20.9. The fourth-order valence-corrected chi connectivity index (χ4v) is 2.61. The number of piperidine rings is 1. The third-order valence-corrected chi connectivity index (χ3v) is 3.64. The van der Waals surface area contributed by atoms with E-state index in [4.69, 9.17) is 0 Å². The van der Waals surface area contributed by atoms with Gasteiger partial charge in [0.05, 0.1) is 0 Å². The van der Waals surface area contributed by atoms with Crippen LogP contribution in [0.25, 0.3) is 0 Å². The lowest BCUT2D eigenvalue weighted by atomic mass is 9.89. The zero-order valence-corrected chi connectivity index (χ0v) is 10.9. The summed E-state index contributed by atoms with van der Waals surface area (Å²) in [7, 11) is 0. The Morgan fingerprint density at radius 2 is 2.22 bits per heavy atom. The molecule has 1 heterocycles. The Balaban J connectivity index is 2.18. The Morgan fingerprint density at radius 3 is 2.89 bits per heavy atom. The summed E-state index contributed by atoms with van der Waals surface area (Å²) in [4.78, 5) is 0. The van der Waals surface area contributed by atoms with Crippen molar-refractivity contribution >= 4 is 0 Å². The van der Waals surface area contributed by atoms with E-state index in [0.29, 0.717) is 12.3 Å². The van der Waals surface area contributed by atoms with Crippen molar-refractivity contribution in [3.63, 3.8) is 0 Å². The van der Waals surface area contributed by atoms with Crippen LogP contribution in [0.15, 0.2) is 24.3 Å². The highest BCUT2D eigenvalue weighted by molar-refractivity contribution is 5.29. The molecule has 1 aromatic rings. The molecule has 0 spiro atoms. The fraction of sp³-hybridized carbons (Fsp3) is 0.600. The minimum atomic E-state index is -2.69. The van der Waals surface area contributed by atoms with Crippen LogP contribution in [0.1, 0.15) is 49.7 Å². The van der Waals surface area contributed by atoms with Gasteiger partial charge in [0.25, 0.3) is 5.92 Å². The van der Waals surface area contributed by atoms with Crippen molar-refractivity contribution in [3.05, 3.63) is 35.4 Å². The maximum atomic E-state index is 13.9. The van der Waals surface area contributed by atoms with Gasteiger partial charge in [-0.2, -0.15) is 0 Å². The molecule has 1 aliphatic heterocycles. The molecular weight excluding hydrogens is 232 g/mol. The van der Waals surface area contributed by atoms with Crippen LogP contribution in [0.4, 0.5) is 8.78 Å². The van der Waals surface area contributed by atoms with Crippen molar-refractivity contribution in [1.82, 2.24) is 5.32 Å². The van der Waals surface area contributed by atoms with Crippen molar-refractivity contribution in [2.75, 3.05) is 13.1 Å². The van der Waals surface area contributed by atoms with Crippen LogP contribution in [-0.4, -0.2) is 13.1 Å². The predicted molar refractivity (Wildman–Crippen MR) is 70.1 cm³/mol. The van der Waals surface area contributed by atoms with Gasteiger partial charge in [0, 0.05) is 18.5 Å². The Kier molecular flexibility index (Phi) is 4.33. The minimum absolute atomic E-state index is 0.0701. The maximum absolute atomic E-state index is 13.9. The largest absolute Gasteiger partial charge is 0.316 e. The first-order chi connectivity index (χ1) is 8.63. The molecule has 0 bridgehead atoms. The summed E-state index contributed by atoms with van der Waals surface area (Å²) in [6.45, 7) is 3.74. The van der Waals surface area contributed by atoms with E-state index < -0.39 is 5.92 Å². The molecule has 1 unspecified atom stereocenters. The summed E-state index contributed by atoms with van der Waals surface area (Å²) in [5.74, 6) is -2.30. The van der Waals surface area contributed by atoms with Gasteiger partial charge in [-0.15, -0.1) is 0 Å². The lowest BCUT2D eigenvalue weighted by Gasteiger charge is -2.24. The monoisotopic (exact) mass is 253 g/mol. The second-order valence-electron chi connectivity index (χ2n) is 5.12. The highest BCUT2D eigenvalue weighted by atomic mass is 19.3. The molecule has 18 heavy (non-hydrogen) atoms. The third kappa shape index (κ3) is 3.08.